The zero-order valence-electron chi connectivity index (χ0n) is 11.6. The van der Waals surface area contributed by atoms with Crippen LogP contribution in [0.2, 0.25) is 0 Å². The van der Waals surface area contributed by atoms with Crippen molar-refractivity contribution in [1.82, 2.24) is 10.2 Å². The third-order valence-electron chi connectivity index (χ3n) is 4.43. The largest absolute Gasteiger partial charge is 0.409 e. The van der Waals surface area contributed by atoms with Gasteiger partial charge in [0.2, 0.25) is 0 Å². The Bertz CT molecular complexity index is 602. The van der Waals surface area contributed by atoms with E-state index in [2.05, 4.69) is 15.4 Å². The lowest BCUT2D eigenvalue weighted by Crippen LogP contribution is -2.57. The number of nitrogens with one attached hydrogen (secondary N) is 1. The first-order valence-corrected chi connectivity index (χ1v) is 7.12. The second-order valence-corrected chi connectivity index (χ2v) is 5.64. The van der Waals surface area contributed by atoms with Gasteiger partial charge in [-0.2, -0.15) is 5.26 Å². The van der Waals surface area contributed by atoms with E-state index in [0.717, 1.165) is 38.5 Å². The van der Waals surface area contributed by atoms with Crippen LogP contribution in [0.3, 0.4) is 0 Å². The molecule has 4 rings (SSSR count). The minimum Gasteiger partial charge on any atom is -0.409 e. The molecule has 0 aliphatic carbocycles. The summed E-state index contributed by atoms with van der Waals surface area (Å²) in [6, 6.07) is 6.20. The second kappa shape index (κ2) is 5.70. The van der Waals surface area contributed by atoms with Crippen molar-refractivity contribution in [2.24, 2.45) is 11.1 Å². The average molecular weight is 288 g/mol. The van der Waals surface area contributed by atoms with Crippen LogP contribution >= 0.6 is 0 Å². The summed E-state index contributed by atoms with van der Waals surface area (Å²) >= 11 is 0. The maximum atomic E-state index is 14.0. The van der Waals surface area contributed by atoms with Crippen molar-refractivity contribution in [3.8, 4) is 6.07 Å². The van der Waals surface area contributed by atoms with Crippen molar-refractivity contribution in [3.05, 3.63) is 35.1 Å². The maximum absolute atomic E-state index is 14.0. The van der Waals surface area contributed by atoms with Crippen molar-refractivity contribution in [3.63, 3.8) is 0 Å². The lowest BCUT2D eigenvalue weighted by molar-refractivity contribution is 0.0808. The number of benzene rings is 1. The highest BCUT2D eigenvalue weighted by Gasteiger charge is 2.34. The van der Waals surface area contributed by atoms with Crippen LogP contribution in [0.25, 0.3) is 0 Å². The minimum atomic E-state index is -0.560. The minimum absolute atomic E-state index is 0.135. The van der Waals surface area contributed by atoms with E-state index in [1.54, 1.807) is 0 Å². The highest BCUT2D eigenvalue weighted by molar-refractivity contribution is 5.98. The lowest BCUT2D eigenvalue weighted by atomic mass is 9.84. The fraction of sp³-hybridized carbons (Fsp3) is 0.467. The Morgan fingerprint density at radius 1 is 1.43 bits per heavy atom. The Morgan fingerprint density at radius 2 is 2.19 bits per heavy atom. The monoisotopic (exact) mass is 288 g/mol. The number of nitriles is 1. The van der Waals surface area contributed by atoms with Gasteiger partial charge in [0.15, 0.2) is 5.84 Å². The molecule has 0 spiro atoms. The molecule has 0 amide bonds. The van der Waals surface area contributed by atoms with Crippen LogP contribution in [-0.4, -0.2) is 41.6 Å². The summed E-state index contributed by atoms with van der Waals surface area (Å²) in [6.45, 7) is 3.11. The highest BCUT2D eigenvalue weighted by Crippen LogP contribution is 2.27. The molecule has 3 heterocycles. The maximum Gasteiger partial charge on any atom is 0.175 e. The summed E-state index contributed by atoms with van der Waals surface area (Å²) in [5.74, 6) is 0.111. The SMILES string of the molecule is N#Cc1ccc(/C(=N\O)N[C@H]2CN3CCC2CC3)c(F)c1. The number of hydrogen-bond donors (Lipinski definition) is 2. The van der Waals surface area contributed by atoms with Gasteiger partial charge in [0.05, 0.1) is 17.2 Å². The number of amidine groups is 1. The summed E-state index contributed by atoms with van der Waals surface area (Å²) < 4.78 is 14.0. The first kappa shape index (κ1) is 13.8. The molecule has 0 unspecified atom stereocenters. The quantitative estimate of drug-likeness (QED) is 0.374. The number of oxime groups is 1. The van der Waals surface area contributed by atoms with Crippen LogP contribution in [0.1, 0.15) is 24.0 Å². The van der Waals surface area contributed by atoms with Crippen molar-refractivity contribution in [2.75, 3.05) is 19.6 Å². The number of fused-ring (bicyclic) bond motifs is 3. The van der Waals surface area contributed by atoms with Gasteiger partial charge in [0, 0.05) is 12.6 Å². The predicted octanol–water partition coefficient (Wildman–Crippen LogP) is 1.52. The van der Waals surface area contributed by atoms with Gasteiger partial charge >= 0.3 is 0 Å². The fourth-order valence-electron chi connectivity index (χ4n) is 3.24. The molecule has 1 aromatic carbocycles. The van der Waals surface area contributed by atoms with Gasteiger partial charge in [0.25, 0.3) is 0 Å². The van der Waals surface area contributed by atoms with E-state index >= 15 is 0 Å². The molecule has 3 aliphatic rings. The Kier molecular flexibility index (Phi) is 3.76. The standard InChI is InChI=1S/C15H17FN4O/c16-13-7-10(8-17)1-2-12(13)15(19-21)18-14-9-20-5-3-11(14)4-6-20/h1-2,7,11,14,21H,3-6,9H2,(H,18,19)/t14-/m0/s1. The van der Waals surface area contributed by atoms with Crippen LogP contribution in [0.15, 0.2) is 23.4 Å². The summed E-state index contributed by atoms with van der Waals surface area (Å²) in [5.41, 5.74) is 0.435. The number of halogens is 1. The Morgan fingerprint density at radius 3 is 2.71 bits per heavy atom. The molecule has 2 N–H and O–H groups in total. The first-order chi connectivity index (χ1) is 10.2. The van der Waals surface area contributed by atoms with Crippen LogP contribution in [0, 0.1) is 23.1 Å². The molecular formula is C15H17FN4O. The first-order valence-electron chi connectivity index (χ1n) is 7.12. The van der Waals surface area contributed by atoms with E-state index in [4.69, 9.17) is 5.26 Å². The topological polar surface area (TPSA) is 71.6 Å². The van der Waals surface area contributed by atoms with Crippen LogP contribution < -0.4 is 5.32 Å². The van der Waals surface area contributed by atoms with Gasteiger partial charge in [-0.1, -0.05) is 5.16 Å². The molecule has 5 nitrogen and oxygen atoms in total. The fourth-order valence-corrected chi connectivity index (χ4v) is 3.24. The summed E-state index contributed by atoms with van der Waals surface area (Å²) in [7, 11) is 0. The number of piperidine rings is 3. The molecule has 0 saturated carbocycles. The van der Waals surface area contributed by atoms with Crippen molar-refractivity contribution < 1.29 is 9.60 Å². The molecular weight excluding hydrogens is 271 g/mol. The molecule has 3 saturated heterocycles. The summed E-state index contributed by atoms with van der Waals surface area (Å²) in [6.07, 6.45) is 2.23. The molecule has 2 bridgehead atoms. The van der Waals surface area contributed by atoms with E-state index in [9.17, 15) is 9.60 Å². The van der Waals surface area contributed by atoms with Gasteiger partial charge in [-0.15, -0.1) is 0 Å². The summed E-state index contributed by atoms with van der Waals surface area (Å²) in [5, 5.41) is 24.4. The molecule has 0 radical (unpaired) electrons. The average Bonchev–Trinajstić information content (AvgIpc) is 2.54. The molecule has 6 heteroatoms. The number of hydrogen-bond acceptors (Lipinski definition) is 4. The highest BCUT2D eigenvalue weighted by atomic mass is 19.1. The number of nitrogens with zero attached hydrogens (tertiary/aromatic N) is 3. The molecule has 1 atom stereocenters. The zero-order chi connectivity index (χ0) is 14.8. The van der Waals surface area contributed by atoms with E-state index in [0.29, 0.717) is 5.92 Å². The third kappa shape index (κ3) is 2.69. The molecule has 0 aromatic heterocycles. The summed E-state index contributed by atoms with van der Waals surface area (Å²) in [4.78, 5) is 2.36. The zero-order valence-corrected chi connectivity index (χ0v) is 11.6. The Labute approximate surface area is 122 Å². The smallest absolute Gasteiger partial charge is 0.175 e. The number of rotatable bonds is 2. The van der Waals surface area contributed by atoms with E-state index in [-0.39, 0.29) is 23.0 Å². The van der Waals surface area contributed by atoms with Crippen LogP contribution in [0.5, 0.6) is 0 Å². The van der Waals surface area contributed by atoms with Crippen LogP contribution in [0.4, 0.5) is 4.39 Å². The third-order valence-corrected chi connectivity index (χ3v) is 4.43. The Balaban J connectivity index is 1.79. The predicted molar refractivity (Wildman–Crippen MR) is 75.5 cm³/mol. The van der Waals surface area contributed by atoms with Gasteiger partial charge in [-0.25, -0.2) is 4.39 Å². The Hall–Kier alpha value is -2.13. The molecule has 3 fully saturated rings. The van der Waals surface area contributed by atoms with Crippen LogP contribution in [-0.2, 0) is 0 Å². The van der Waals surface area contributed by atoms with Gasteiger partial charge in [0.1, 0.15) is 5.82 Å². The van der Waals surface area contributed by atoms with Crippen molar-refractivity contribution in [1.29, 1.82) is 5.26 Å². The van der Waals surface area contributed by atoms with Gasteiger partial charge in [-0.05, 0) is 50.0 Å². The van der Waals surface area contributed by atoms with E-state index in [1.165, 1.54) is 12.1 Å². The van der Waals surface area contributed by atoms with E-state index < -0.39 is 5.82 Å². The molecule has 21 heavy (non-hydrogen) atoms. The van der Waals surface area contributed by atoms with Crippen molar-refractivity contribution >= 4 is 5.84 Å². The molecule has 110 valence electrons. The molecule has 3 aliphatic heterocycles. The molecule has 1 aromatic rings. The van der Waals surface area contributed by atoms with Gasteiger partial charge < -0.3 is 15.4 Å². The van der Waals surface area contributed by atoms with Gasteiger partial charge in [-0.3, -0.25) is 0 Å². The lowest BCUT2D eigenvalue weighted by Gasteiger charge is -2.45. The van der Waals surface area contributed by atoms with Crippen molar-refractivity contribution in [2.45, 2.75) is 18.9 Å². The second-order valence-electron chi connectivity index (χ2n) is 5.64. The van der Waals surface area contributed by atoms with E-state index in [1.807, 2.05) is 6.07 Å². The normalized spacial score (nSPS) is 28.2.